The van der Waals surface area contributed by atoms with E-state index in [4.69, 9.17) is 4.52 Å². The van der Waals surface area contributed by atoms with Crippen molar-refractivity contribution in [3.05, 3.63) is 11.7 Å². The second-order valence-electron chi connectivity index (χ2n) is 6.40. The summed E-state index contributed by atoms with van der Waals surface area (Å²) in [6, 6.07) is 0. The molecule has 0 saturated heterocycles. The first-order valence-corrected chi connectivity index (χ1v) is 7.12. The Morgan fingerprint density at radius 3 is 2.53 bits per heavy atom. The lowest BCUT2D eigenvalue weighted by molar-refractivity contribution is -0.120. The van der Waals surface area contributed by atoms with Crippen LogP contribution in [-0.4, -0.2) is 16.0 Å². The Kier molecular flexibility index (Phi) is 2.87. The molecule has 0 spiro atoms. The molecule has 0 bridgehead atoms. The van der Waals surface area contributed by atoms with E-state index in [1.165, 1.54) is 32.6 Å². The molecular formula is C14H21N3O2. The van der Waals surface area contributed by atoms with Gasteiger partial charge in [0.1, 0.15) is 0 Å². The predicted octanol–water partition coefficient (Wildman–Crippen LogP) is 2.34. The average molecular weight is 263 g/mol. The van der Waals surface area contributed by atoms with E-state index in [9.17, 15) is 4.79 Å². The number of rotatable bonds is 3. The molecule has 104 valence electrons. The van der Waals surface area contributed by atoms with E-state index < -0.39 is 5.54 Å². The summed E-state index contributed by atoms with van der Waals surface area (Å²) in [5.41, 5.74) is -0.576. The number of fused-ring (bicyclic) bond motifs is 1. The summed E-state index contributed by atoms with van der Waals surface area (Å²) in [5, 5.41) is 6.91. The third kappa shape index (κ3) is 2.26. The number of hydrogen-bond donors (Lipinski definition) is 1. The molecular weight excluding hydrogens is 242 g/mol. The summed E-state index contributed by atoms with van der Waals surface area (Å²) < 4.78 is 5.44. The van der Waals surface area contributed by atoms with Crippen molar-refractivity contribution in [3.8, 4) is 0 Å². The number of carbonyl (C=O) groups excluding carboxylic acids is 1. The van der Waals surface area contributed by atoms with Crippen LogP contribution in [0.15, 0.2) is 4.52 Å². The van der Waals surface area contributed by atoms with Crippen LogP contribution in [0.2, 0.25) is 0 Å². The third-order valence-corrected chi connectivity index (χ3v) is 4.43. The van der Waals surface area contributed by atoms with Gasteiger partial charge in [-0.15, -0.1) is 0 Å². The number of amides is 1. The fraction of sp³-hybridized carbons (Fsp3) is 0.786. The molecule has 5 heteroatoms. The molecule has 1 aromatic rings. The molecule has 2 aliphatic rings. The van der Waals surface area contributed by atoms with Gasteiger partial charge in [-0.1, -0.05) is 18.0 Å². The molecule has 3 rings (SSSR count). The van der Waals surface area contributed by atoms with Crippen molar-refractivity contribution in [1.29, 1.82) is 0 Å². The van der Waals surface area contributed by atoms with Crippen molar-refractivity contribution in [2.45, 2.75) is 57.9 Å². The SMILES string of the molecule is CC(=O)NC(C)(C)c1noc(C2C3CCCCC32)n1. The monoisotopic (exact) mass is 263 g/mol. The van der Waals surface area contributed by atoms with Gasteiger partial charge in [0.25, 0.3) is 0 Å². The van der Waals surface area contributed by atoms with Crippen molar-refractivity contribution < 1.29 is 9.32 Å². The quantitative estimate of drug-likeness (QED) is 0.909. The second kappa shape index (κ2) is 4.32. The first-order chi connectivity index (χ1) is 8.99. The molecule has 5 nitrogen and oxygen atoms in total. The normalized spacial score (nSPS) is 29.7. The maximum atomic E-state index is 11.2. The molecule has 2 aliphatic carbocycles. The van der Waals surface area contributed by atoms with E-state index in [2.05, 4.69) is 15.5 Å². The molecule has 2 unspecified atom stereocenters. The fourth-order valence-corrected chi connectivity index (χ4v) is 3.48. The topological polar surface area (TPSA) is 68.0 Å². The highest BCUT2D eigenvalue weighted by molar-refractivity contribution is 5.73. The number of aromatic nitrogens is 2. The number of hydrogen-bond acceptors (Lipinski definition) is 4. The number of nitrogens with zero attached hydrogens (tertiary/aromatic N) is 2. The van der Waals surface area contributed by atoms with Gasteiger partial charge in [-0.2, -0.15) is 4.98 Å². The zero-order valence-electron chi connectivity index (χ0n) is 11.8. The Bertz CT molecular complexity index is 483. The standard InChI is InChI=1S/C14H21N3O2/c1-8(18)16-14(2,3)13-15-12(19-17-13)11-9-6-4-5-7-10(9)11/h9-11H,4-7H2,1-3H3,(H,16,18). The number of nitrogens with one attached hydrogen (secondary N) is 1. The summed E-state index contributed by atoms with van der Waals surface area (Å²) in [6.45, 7) is 5.28. The van der Waals surface area contributed by atoms with Gasteiger partial charge in [0, 0.05) is 12.8 Å². The largest absolute Gasteiger partial charge is 0.344 e. The smallest absolute Gasteiger partial charge is 0.230 e. The summed E-state index contributed by atoms with van der Waals surface area (Å²) in [4.78, 5) is 15.7. The minimum Gasteiger partial charge on any atom is -0.344 e. The molecule has 0 aliphatic heterocycles. The minimum atomic E-state index is -0.576. The lowest BCUT2D eigenvalue weighted by Gasteiger charge is -2.20. The van der Waals surface area contributed by atoms with E-state index in [1.807, 2.05) is 13.8 Å². The average Bonchev–Trinajstić information content (AvgIpc) is 2.83. The fourth-order valence-electron chi connectivity index (χ4n) is 3.48. The van der Waals surface area contributed by atoms with Crippen LogP contribution in [0, 0.1) is 11.8 Å². The zero-order valence-corrected chi connectivity index (χ0v) is 11.8. The van der Waals surface area contributed by atoms with E-state index in [0.717, 1.165) is 17.7 Å². The van der Waals surface area contributed by atoms with Crippen molar-refractivity contribution in [1.82, 2.24) is 15.5 Å². The van der Waals surface area contributed by atoms with Gasteiger partial charge in [0.2, 0.25) is 11.8 Å². The van der Waals surface area contributed by atoms with Gasteiger partial charge in [0.05, 0.1) is 5.54 Å². The lowest BCUT2D eigenvalue weighted by atomic mass is 10.0. The van der Waals surface area contributed by atoms with Crippen LogP contribution in [0.5, 0.6) is 0 Å². The number of carbonyl (C=O) groups is 1. The second-order valence-corrected chi connectivity index (χ2v) is 6.40. The minimum absolute atomic E-state index is 0.0866. The van der Waals surface area contributed by atoms with Gasteiger partial charge >= 0.3 is 0 Å². The van der Waals surface area contributed by atoms with Crippen molar-refractivity contribution in [3.63, 3.8) is 0 Å². The molecule has 1 heterocycles. The van der Waals surface area contributed by atoms with Crippen LogP contribution in [0.1, 0.15) is 64.1 Å². The Balaban J connectivity index is 1.75. The Labute approximate surface area is 113 Å². The summed E-state index contributed by atoms with van der Waals surface area (Å²) >= 11 is 0. The van der Waals surface area contributed by atoms with E-state index >= 15 is 0 Å². The van der Waals surface area contributed by atoms with E-state index in [0.29, 0.717) is 11.7 Å². The third-order valence-electron chi connectivity index (χ3n) is 4.43. The van der Waals surface area contributed by atoms with Crippen LogP contribution in [0.4, 0.5) is 0 Å². The van der Waals surface area contributed by atoms with Gasteiger partial charge in [-0.25, -0.2) is 0 Å². The summed E-state index contributed by atoms with van der Waals surface area (Å²) in [5.74, 6) is 3.23. The highest BCUT2D eigenvalue weighted by atomic mass is 16.5. The van der Waals surface area contributed by atoms with Gasteiger partial charge in [-0.3, -0.25) is 4.79 Å². The highest BCUT2D eigenvalue weighted by Crippen LogP contribution is 2.60. The van der Waals surface area contributed by atoms with Gasteiger partial charge in [-0.05, 0) is 38.5 Å². The Morgan fingerprint density at radius 2 is 1.95 bits per heavy atom. The van der Waals surface area contributed by atoms with Crippen LogP contribution in [0.3, 0.4) is 0 Å². The molecule has 2 atom stereocenters. The lowest BCUT2D eigenvalue weighted by Crippen LogP contribution is -2.40. The highest BCUT2D eigenvalue weighted by Gasteiger charge is 2.54. The summed E-state index contributed by atoms with van der Waals surface area (Å²) in [6.07, 6.45) is 5.25. The van der Waals surface area contributed by atoms with Crippen LogP contribution >= 0.6 is 0 Å². The van der Waals surface area contributed by atoms with E-state index in [1.54, 1.807) is 0 Å². The zero-order chi connectivity index (χ0) is 13.6. The molecule has 19 heavy (non-hydrogen) atoms. The van der Waals surface area contributed by atoms with Crippen molar-refractivity contribution in [2.24, 2.45) is 11.8 Å². The van der Waals surface area contributed by atoms with Gasteiger partial charge < -0.3 is 9.84 Å². The first-order valence-electron chi connectivity index (χ1n) is 7.12. The van der Waals surface area contributed by atoms with Crippen LogP contribution in [-0.2, 0) is 10.3 Å². The molecule has 1 N–H and O–H groups in total. The molecule has 1 aromatic heterocycles. The summed E-state index contributed by atoms with van der Waals surface area (Å²) in [7, 11) is 0. The van der Waals surface area contributed by atoms with Crippen LogP contribution in [0.25, 0.3) is 0 Å². The molecule has 2 fully saturated rings. The molecule has 1 amide bonds. The Morgan fingerprint density at radius 1 is 1.32 bits per heavy atom. The molecule has 0 radical (unpaired) electrons. The molecule has 0 aromatic carbocycles. The predicted molar refractivity (Wildman–Crippen MR) is 69.3 cm³/mol. The van der Waals surface area contributed by atoms with Crippen molar-refractivity contribution in [2.75, 3.05) is 0 Å². The Hall–Kier alpha value is -1.39. The van der Waals surface area contributed by atoms with Gasteiger partial charge in [0.15, 0.2) is 5.82 Å². The first kappa shape index (κ1) is 12.6. The van der Waals surface area contributed by atoms with Crippen molar-refractivity contribution >= 4 is 5.91 Å². The maximum absolute atomic E-state index is 11.2. The molecule has 2 saturated carbocycles. The van der Waals surface area contributed by atoms with Crippen LogP contribution < -0.4 is 5.32 Å². The maximum Gasteiger partial charge on any atom is 0.230 e. The van der Waals surface area contributed by atoms with E-state index in [-0.39, 0.29) is 5.91 Å².